The average Bonchev–Trinajstić information content (AvgIpc) is 2.77. The zero-order valence-electron chi connectivity index (χ0n) is 17.8. The van der Waals surface area contributed by atoms with Crippen LogP contribution in [0.25, 0.3) is 22.0 Å². The largest absolute Gasteiger partial charge is 0.369 e. The molecule has 2 heterocycles. The molecule has 32 heavy (non-hydrogen) atoms. The molecule has 0 unspecified atom stereocenters. The van der Waals surface area contributed by atoms with Crippen LogP contribution in [0.2, 0.25) is 5.02 Å². The van der Waals surface area contributed by atoms with Gasteiger partial charge in [0.1, 0.15) is 11.5 Å². The van der Waals surface area contributed by atoms with E-state index >= 15 is 4.39 Å². The third-order valence-electron chi connectivity index (χ3n) is 5.08. The summed E-state index contributed by atoms with van der Waals surface area (Å²) >= 11 is 5.97. The Bertz CT molecular complexity index is 1300. The van der Waals surface area contributed by atoms with Crippen LogP contribution in [0.5, 0.6) is 0 Å². The van der Waals surface area contributed by atoms with Gasteiger partial charge in [-0.05, 0) is 50.0 Å². The normalized spacial score (nSPS) is 11.3. The van der Waals surface area contributed by atoms with Crippen LogP contribution in [-0.4, -0.2) is 46.8 Å². The summed E-state index contributed by atoms with van der Waals surface area (Å²) in [5.41, 5.74) is 1.24. The second kappa shape index (κ2) is 9.46. The number of nitrogens with zero attached hydrogens (tertiary/aromatic N) is 4. The number of fused-ring (bicyclic) bond motifs is 1. The Balaban J connectivity index is 1.75. The number of likely N-dealkylation sites (N-methyl/N-ethyl adjacent to an activating group) is 1. The predicted octanol–water partition coefficient (Wildman–Crippen LogP) is 4.27. The third-order valence-corrected chi connectivity index (χ3v) is 5.33. The van der Waals surface area contributed by atoms with E-state index in [2.05, 4.69) is 15.4 Å². The lowest BCUT2D eigenvalue weighted by molar-refractivity contribution is 0.425. The van der Waals surface area contributed by atoms with Gasteiger partial charge in [-0.15, -0.1) is 0 Å². The molecule has 2 aromatic carbocycles. The van der Waals surface area contributed by atoms with E-state index < -0.39 is 5.95 Å². The van der Waals surface area contributed by atoms with Crippen molar-refractivity contribution in [2.75, 3.05) is 32.5 Å². The molecule has 0 aliphatic rings. The Hall–Kier alpha value is -3.29. The number of hydrogen-bond donors (Lipinski definition) is 1. The summed E-state index contributed by atoms with van der Waals surface area (Å²) in [7, 11) is 3.93. The molecule has 8 heteroatoms. The Morgan fingerprint density at radius 1 is 1.03 bits per heavy atom. The van der Waals surface area contributed by atoms with Crippen molar-refractivity contribution in [3.05, 3.63) is 87.6 Å². The lowest BCUT2D eigenvalue weighted by atomic mass is 10.1. The van der Waals surface area contributed by atoms with E-state index in [0.29, 0.717) is 33.9 Å². The average molecular weight is 452 g/mol. The SMILES string of the molecule is CN(C)CCNc1ccc(-c2nn(Cc3ccc(Cl)cc3)c(=O)c3ccccc23)c(F)n1. The molecule has 0 aliphatic heterocycles. The van der Waals surface area contributed by atoms with Crippen molar-refractivity contribution in [2.45, 2.75) is 6.54 Å². The van der Waals surface area contributed by atoms with Gasteiger partial charge >= 0.3 is 0 Å². The second-order valence-corrected chi connectivity index (χ2v) is 8.18. The maximum atomic E-state index is 15.0. The van der Waals surface area contributed by atoms with Crippen LogP contribution in [0.15, 0.2) is 65.5 Å². The molecule has 0 saturated carbocycles. The maximum Gasteiger partial charge on any atom is 0.274 e. The summed E-state index contributed by atoms with van der Waals surface area (Å²) < 4.78 is 16.4. The highest BCUT2D eigenvalue weighted by Crippen LogP contribution is 2.27. The first-order valence-corrected chi connectivity index (χ1v) is 10.6. The topological polar surface area (TPSA) is 63.1 Å². The fraction of sp³-hybridized carbons (Fsp3) is 0.208. The number of hydrogen-bond acceptors (Lipinski definition) is 5. The van der Waals surface area contributed by atoms with E-state index in [1.54, 1.807) is 48.5 Å². The minimum atomic E-state index is -0.644. The van der Waals surface area contributed by atoms with Crippen molar-refractivity contribution in [1.29, 1.82) is 0 Å². The summed E-state index contributed by atoms with van der Waals surface area (Å²) in [5.74, 6) is -0.193. The van der Waals surface area contributed by atoms with Crippen molar-refractivity contribution in [3.63, 3.8) is 0 Å². The molecule has 0 bridgehead atoms. The summed E-state index contributed by atoms with van der Waals surface area (Å²) in [4.78, 5) is 19.1. The van der Waals surface area contributed by atoms with Crippen LogP contribution in [-0.2, 0) is 6.54 Å². The molecule has 0 atom stereocenters. The Kier molecular flexibility index (Phi) is 6.48. The van der Waals surface area contributed by atoms with Gasteiger partial charge in [-0.1, -0.05) is 41.9 Å². The van der Waals surface area contributed by atoms with Crippen molar-refractivity contribution < 1.29 is 4.39 Å². The highest BCUT2D eigenvalue weighted by molar-refractivity contribution is 6.30. The molecule has 0 fully saturated rings. The summed E-state index contributed by atoms with van der Waals surface area (Å²) in [6.07, 6.45) is 0. The molecule has 0 spiro atoms. The molecule has 6 nitrogen and oxygen atoms in total. The van der Waals surface area contributed by atoms with Gasteiger partial charge in [0.2, 0.25) is 5.95 Å². The van der Waals surface area contributed by atoms with Gasteiger partial charge in [0.15, 0.2) is 0 Å². The van der Waals surface area contributed by atoms with Crippen LogP contribution < -0.4 is 10.9 Å². The van der Waals surface area contributed by atoms with Gasteiger partial charge in [-0.3, -0.25) is 4.79 Å². The molecule has 0 aliphatic carbocycles. The van der Waals surface area contributed by atoms with E-state index in [4.69, 9.17) is 11.6 Å². The first kappa shape index (κ1) is 21.9. The number of pyridine rings is 1. The van der Waals surface area contributed by atoms with Crippen LogP contribution in [0, 0.1) is 5.95 Å². The molecular weight excluding hydrogens is 429 g/mol. The Morgan fingerprint density at radius 3 is 2.44 bits per heavy atom. The van der Waals surface area contributed by atoms with E-state index in [-0.39, 0.29) is 17.7 Å². The molecule has 0 radical (unpaired) electrons. The second-order valence-electron chi connectivity index (χ2n) is 7.75. The number of rotatable bonds is 7. The quantitative estimate of drug-likeness (QED) is 0.425. The van der Waals surface area contributed by atoms with Crippen LogP contribution in [0.3, 0.4) is 0 Å². The minimum Gasteiger partial charge on any atom is -0.369 e. The van der Waals surface area contributed by atoms with Gasteiger partial charge < -0.3 is 10.2 Å². The van der Waals surface area contributed by atoms with Crippen molar-refractivity contribution in [2.24, 2.45) is 0 Å². The van der Waals surface area contributed by atoms with Crippen molar-refractivity contribution in [3.8, 4) is 11.3 Å². The molecule has 4 aromatic rings. The van der Waals surface area contributed by atoms with Gasteiger partial charge in [-0.25, -0.2) is 9.67 Å². The summed E-state index contributed by atoms with van der Waals surface area (Å²) in [6, 6.07) is 17.6. The number of nitrogens with one attached hydrogen (secondary N) is 1. The van der Waals surface area contributed by atoms with Gasteiger partial charge in [0, 0.05) is 23.5 Å². The minimum absolute atomic E-state index is 0.240. The molecular formula is C24H23ClFN5O. The Labute approximate surface area is 190 Å². The molecule has 1 N–H and O–H groups in total. The fourth-order valence-electron chi connectivity index (χ4n) is 3.42. The van der Waals surface area contributed by atoms with E-state index in [9.17, 15) is 4.79 Å². The highest BCUT2D eigenvalue weighted by atomic mass is 35.5. The van der Waals surface area contributed by atoms with Crippen LogP contribution in [0.1, 0.15) is 5.56 Å². The Morgan fingerprint density at radius 2 is 1.75 bits per heavy atom. The van der Waals surface area contributed by atoms with Crippen molar-refractivity contribution in [1.82, 2.24) is 19.7 Å². The first-order chi connectivity index (χ1) is 15.4. The monoisotopic (exact) mass is 451 g/mol. The van der Waals surface area contributed by atoms with Crippen molar-refractivity contribution >= 4 is 28.2 Å². The molecule has 164 valence electrons. The molecule has 0 amide bonds. The van der Waals surface area contributed by atoms with Crippen LogP contribution in [0.4, 0.5) is 10.2 Å². The van der Waals surface area contributed by atoms with Gasteiger partial charge in [0.05, 0.1) is 17.5 Å². The summed E-state index contributed by atoms with van der Waals surface area (Å²) in [6.45, 7) is 1.69. The van der Waals surface area contributed by atoms with E-state index in [1.165, 1.54) is 4.68 Å². The number of benzene rings is 2. The zero-order chi connectivity index (χ0) is 22.7. The predicted molar refractivity (Wildman–Crippen MR) is 127 cm³/mol. The standard InChI is InChI=1S/C24H23ClFN5O/c1-30(2)14-13-27-21-12-11-20(23(26)28-21)22-18-5-3-4-6-19(18)24(32)31(29-22)15-16-7-9-17(25)10-8-16/h3-12H,13-15H2,1-2H3,(H,27,28). The van der Waals surface area contributed by atoms with Gasteiger partial charge in [0.25, 0.3) is 5.56 Å². The summed E-state index contributed by atoms with van der Waals surface area (Å²) in [5, 5.41) is 9.30. The third kappa shape index (κ3) is 4.79. The molecule has 0 saturated heterocycles. The highest BCUT2D eigenvalue weighted by Gasteiger charge is 2.17. The van der Waals surface area contributed by atoms with Gasteiger partial charge in [-0.2, -0.15) is 9.49 Å². The van der Waals surface area contributed by atoms with E-state index in [1.807, 2.05) is 31.1 Å². The van der Waals surface area contributed by atoms with Crippen LogP contribution >= 0.6 is 11.6 Å². The fourth-order valence-corrected chi connectivity index (χ4v) is 3.55. The maximum absolute atomic E-state index is 15.0. The number of anilines is 1. The molecule has 2 aromatic heterocycles. The molecule has 4 rings (SSSR count). The smallest absolute Gasteiger partial charge is 0.274 e. The first-order valence-electron chi connectivity index (χ1n) is 10.2. The zero-order valence-corrected chi connectivity index (χ0v) is 18.6. The lowest BCUT2D eigenvalue weighted by Crippen LogP contribution is -2.24. The lowest BCUT2D eigenvalue weighted by Gasteiger charge is -2.13. The number of aromatic nitrogens is 3. The number of halogens is 2. The van der Waals surface area contributed by atoms with E-state index in [0.717, 1.165) is 12.1 Å².